The summed E-state index contributed by atoms with van der Waals surface area (Å²) in [7, 11) is -0.331. The molecule has 2 aromatic rings. The predicted molar refractivity (Wildman–Crippen MR) is 118 cm³/mol. The van der Waals surface area contributed by atoms with Crippen molar-refractivity contribution in [2.75, 3.05) is 40.4 Å². The molecule has 0 aliphatic carbocycles. The zero-order valence-corrected chi connectivity index (χ0v) is 19.4. The van der Waals surface area contributed by atoms with Crippen LogP contribution in [0.25, 0.3) is 0 Å². The number of amides is 1. The zero-order valence-electron chi connectivity index (χ0n) is 17.0. The van der Waals surface area contributed by atoms with E-state index in [2.05, 4.69) is 15.9 Å². The topological polar surface area (TPSA) is 76.1 Å². The molecule has 1 heterocycles. The van der Waals surface area contributed by atoms with Gasteiger partial charge >= 0.3 is 0 Å². The van der Waals surface area contributed by atoms with E-state index in [1.54, 1.807) is 44.5 Å². The lowest BCUT2D eigenvalue weighted by molar-refractivity contribution is 0.0772. The van der Waals surface area contributed by atoms with Gasteiger partial charge in [-0.3, -0.25) is 4.79 Å². The fourth-order valence-electron chi connectivity index (χ4n) is 3.19. The van der Waals surface area contributed by atoms with Crippen LogP contribution in [-0.2, 0) is 10.0 Å². The van der Waals surface area contributed by atoms with Crippen LogP contribution in [0.3, 0.4) is 0 Å². The van der Waals surface area contributed by atoms with Gasteiger partial charge in [-0.25, -0.2) is 8.42 Å². The van der Waals surface area contributed by atoms with Crippen LogP contribution in [0.5, 0.6) is 11.5 Å². The van der Waals surface area contributed by atoms with E-state index in [4.69, 9.17) is 9.47 Å². The molecule has 9 heteroatoms. The highest BCUT2D eigenvalue weighted by Gasteiger charge is 2.28. The van der Waals surface area contributed by atoms with Crippen molar-refractivity contribution >= 4 is 31.9 Å². The first-order valence-corrected chi connectivity index (χ1v) is 11.9. The number of ether oxygens (including phenoxy) is 2. The lowest BCUT2D eigenvalue weighted by Gasteiger charge is -2.20. The minimum atomic E-state index is -3.59. The summed E-state index contributed by atoms with van der Waals surface area (Å²) in [6.07, 6.45) is 1.72. The quantitative estimate of drug-likeness (QED) is 0.559. The SMILES string of the molecule is COc1ccc(OCCN(C)C(=O)c2cc(S(=O)(=O)N3CCCC3)ccc2Br)cc1. The minimum absolute atomic E-state index is 0.138. The predicted octanol–water partition coefficient (Wildman–Crippen LogP) is 3.39. The molecular formula is C21H25BrN2O5S. The van der Waals surface area contributed by atoms with Crippen LogP contribution >= 0.6 is 15.9 Å². The molecule has 0 saturated carbocycles. The van der Waals surface area contributed by atoms with Gasteiger partial charge in [0.2, 0.25) is 10.0 Å². The van der Waals surface area contributed by atoms with Gasteiger partial charge in [0.25, 0.3) is 5.91 Å². The van der Waals surface area contributed by atoms with Gasteiger partial charge in [0.1, 0.15) is 18.1 Å². The van der Waals surface area contributed by atoms with Crippen molar-refractivity contribution in [3.8, 4) is 11.5 Å². The summed E-state index contributed by atoms with van der Waals surface area (Å²) in [5.41, 5.74) is 0.308. The second-order valence-corrected chi connectivity index (χ2v) is 9.80. The van der Waals surface area contributed by atoms with Crippen molar-refractivity contribution in [3.05, 3.63) is 52.5 Å². The first-order chi connectivity index (χ1) is 14.3. The number of likely N-dealkylation sites (N-methyl/N-ethyl adjacent to an activating group) is 1. The first kappa shape index (κ1) is 22.6. The lowest BCUT2D eigenvalue weighted by Crippen LogP contribution is -2.32. The monoisotopic (exact) mass is 496 g/mol. The highest BCUT2D eigenvalue weighted by atomic mass is 79.9. The van der Waals surface area contributed by atoms with E-state index < -0.39 is 10.0 Å². The summed E-state index contributed by atoms with van der Waals surface area (Å²) in [4.78, 5) is 14.6. The molecule has 0 bridgehead atoms. The molecule has 1 aliphatic heterocycles. The Balaban J connectivity index is 1.66. The first-order valence-electron chi connectivity index (χ1n) is 9.65. The Hall–Kier alpha value is -2.10. The summed E-state index contributed by atoms with van der Waals surface area (Å²) in [5.74, 6) is 1.14. The summed E-state index contributed by atoms with van der Waals surface area (Å²) in [5, 5.41) is 0. The number of carbonyl (C=O) groups is 1. The third kappa shape index (κ3) is 5.14. The molecule has 0 N–H and O–H groups in total. The summed E-state index contributed by atoms with van der Waals surface area (Å²) < 4.78 is 38.4. The van der Waals surface area contributed by atoms with Crippen LogP contribution in [0.1, 0.15) is 23.2 Å². The average Bonchev–Trinajstić information content (AvgIpc) is 3.30. The summed E-state index contributed by atoms with van der Waals surface area (Å²) in [6, 6.07) is 11.8. The molecule has 1 saturated heterocycles. The highest BCUT2D eigenvalue weighted by molar-refractivity contribution is 9.10. The molecule has 162 valence electrons. The largest absolute Gasteiger partial charge is 0.497 e. The molecule has 1 fully saturated rings. The van der Waals surface area contributed by atoms with Crippen LogP contribution in [0.2, 0.25) is 0 Å². The molecule has 3 rings (SSSR count). The van der Waals surface area contributed by atoms with Crippen molar-refractivity contribution in [2.45, 2.75) is 17.7 Å². The Morgan fingerprint density at radius 1 is 1.10 bits per heavy atom. The van der Waals surface area contributed by atoms with Gasteiger partial charge in [0.05, 0.1) is 24.1 Å². The molecule has 0 aromatic heterocycles. The molecular weight excluding hydrogens is 472 g/mol. The van der Waals surface area contributed by atoms with Crippen molar-refractivity contribution in [3.63, 3.8) is 0 Å². The number of hydrogen-bond donors (Lipinski definition) is 0. The Bertz CT molecular complexity index is 989. The standard InChI is InChI=1S/C21H25BrN2O5S/c1-23(13-14-29-17-7-5-16(28-2)6-8-17)21(25)19-15-18(9-10-20(19)22)30(26,27)24-11-3-4-12-24/h5-10,15H,3-4,11-14H2,1-2H3. The molecule has 1 aliphatic rings. The Labute approximate surface area is 185 Å². The van der Waals surface area contributed by atoms with Gasteiger partial charge in [-0.2, -0.15) is 4.31 Å². The van der Waals surface area contributed by atoms with E-state index in [0.717, 1.165) is 18.6 Å². The normalized spacial score (nSPS) is 14.5. The Kier molecular flexibility index (Phi) is 7.38. The van der Waals surface area contributed by atoms with E-state index >= 15 is 0 Å². The number of methoxy groups -OCH3 is 1. The molecule has 0 radical (unpaired) electrons. The molecule has 7 nitrogen and oxygen atoms in total. The van der Waals surface area contributed by atoms with Crippen LogP contribution < -0.4 is 9.47 Å². The minimum Gasteiger partial charge on any atom is -0.497 e. The lowest BCUT2D eigenvalue weighted by atomic mass is 10.2. The number of benzene rings is 2. The number of hydrogen-bond acceptors (Lipinski definition) is 5. The third-order valence-corrected chi connectivity index (χ3v) is 7.56. The molecule has 30 heavy (non-hydrogen) atoms. The van der Waals surface area contributed by atoms with E-state index in [-0.39, 0.29) is 10.8 Å². The van der Waals surface area contributed by atoms with Gasteiger partial charge < -0.3 is 14.4 Å². The second-order valence-electron chi connectivity index (χ2n) is 7.00. The van der Waals surface area contributed by atoms with Crippen LogP contribution in [0.4, 0.5) is 0 Å². The molecule has 2 aromatic carbocycles. The van der Waals surface area contributed by atoms with E-state index in [9.17, 15) is 13.2 Å². The fourth-order valence-corrected chi connectivity index (χ4v) is 5.15. The van der Waals surface area contributed by atoms with Crippen molar-refractivity contribution in [1.29, 1.82) is 0 Å². The zero-order chi connectivity index (χ0) is 21.7. The second kappa shape index (κ2) is 9.80. The van der Waals surface area contributed by atoms with E-state index in [1.165, 1.54) is 21.3 Å². The molecule has 0 unspecified atom stereocenters. The van der Waals surface area contributed by atoms with Crippen LogP contribution in [0.15, 0.2) is 51.8 Å². The third-order valence-electron chi connectivity index (χ3n) is 4.97. The van der Waals surface area contributed by atoms with Gasteiger partial charge in [0.15, 0.2) is 0 Å². The van der Waals surface area contributed by atoms with Crippen LogP contribution in [0, 0.1) is 0 Å². The maximum atomic E-state index is 12.9. The maximum Gasteiger partial charge on any atom is 0.254 e. The van der Waals surface area contributed by atoms with Gasteiger partial charge in [-0.05, 0) is 71.2 Å². The Morgan fingerprint density at radius 3 is 2.37 bits per heavy atom. The summed E-state index contributed by atoms with van der Waals surface area (Å²) >= 11 is 3.37. The smallest absolute Gasteiger partial charge is 0.254 e. The van der Waals surface area contributed by atoms with Crippen molar-refractivity contribution in [1.82, 2.24) is 9.21 Å². The van der Waals surface area contributed by atoms with Crippen LogP contribution in [-0.4, -0.2) is 63.9 Å². The maximum absolute atomic E-state index is 12.9. The fraction of sp³-hybridized carbons (Fsp3) is 0.381. The number of halogens is 1. The average molecular weight is 497 g/mol. The Morgan fingerprint density at radius 2 is 1.73 bits per heavy atom. The number of carbonyl (C=O) groups excluding carboxylic acids is 1. The molecule has 0 atom stereocenters. The van der Waals surface area contributed by atoms with Gasteiger partial charge in [-0.15, -0.1) is 0 Å². The number of rotatable bonds is 8. The van der Waals surface area contributed by atoms with E-state index in [0.29, 0.717) is 42.0 Å². The van der Waals surface area contributed by atoms with Gasteiger partial charge in [-0.1, -0.05) is 0 Å². The van der Waals surface area contributed by atoms with Crippen molar-refractivity contribution < 1.29 is 22.7 Å². The van der Waals surface area contributed by atoms with E-state index in [1.807, 2.05) is 0 Å². The molecule has 0 spiro atoms. The summed E-state index contributed by atoms with van der Waals surface area (Å²) in [6.45, 7) is 1.69. The van der Waals surface area contributed by atoms with Crippen molar-refractivity contribution in [2.24, 2.45) is 0 Å². The number of nitrogens with zero attached hydrogens (tertiary/aromatic N) is 2. The molecule has 1 amide bonds. The highest BCUT2D eigenvalue weighted by Crippen LogP contribution is 2.26. The van der Waals surface area contributed by atoms with Gasteiger partial charge in [0, 0.05) is 24.6 Å². The number of sulfonamides is 1.